The first-order valence-electron chi connectivity index (χ1n) is 31.9. The van der Waals surface area contributed by atoms with Gasteiger partial charge in [-0.25, -0.2) is 0 Å². The smallest absolute Gasteiger partial charge is 0.268 e. The number of allylic oxidation sites excluding steroid dienone is 19. The Kier molecular flexibility index (Phi) is 56.2. The van der Waals surface area contributed by atoms with Crippen molar-refractivity contribution in [2.75, 3.05) is 40.9 Å². The first kappa shape index (κ1) is 74.9. The third kappa shape index (κ3) is 60.5. The van der Waals surface area contributed by atoms with Crippen molar-refractivity contribution in [1.29, 1.82) is 0 Å². The topological polar surface area (TPSA) is 108 Å². The number of hydrogen-bond acceptors (Lipinski definition) is 6. The third-order valence-electron chi connectivity index (χ3n) is 13.6. The Balaban J connectivity index is 4.13. The van der Waals surface area contributed by atoms with Gasteiger partial charge in [0.25, 0.3) is 7.82 Å². The minimum absolute atomic E-state index is 0.0133. The third-order valence-corrected chi connectivity index (χ3v) is 14.6. The molecule has 0 fully saturated rings. The number of nitrogens with zero attached hydrogens (tertiary/aromatic N) is 1. The molecule has 3 atom stereocenters. The molecule has 0 radical (unpaired) electrons. The van der Waals surface area contributed by atoms with Gasteiger partial charge in [0.2, 0.25) is 5.91 Å². The second-order valence-corrected chi connectivity index (χ2v) is 23.8. The molecule has 0 bridgehead atoms. The lowest BCUT2D eigenvalue weighted by atomic mass is 10.0. The molecule has 78 heavy (non-hydrogen) atoms. The van der Waals surface area contributed by atoms with E-state index >= 15 is 0 Å². The summed E-state index contributed by atoms with van der Waals surface area (Å²) >= 11 is 0. The maximum Gasteiger partial charge on any atom is 0.268 e. The fourth-order valence-electron chi connectivity index (χ4n) is 8.70. The molecule has 0 aromatic carbocycles. The van der Waals surface area contributed by atoms with E-state index in [1.165, 1.54) is 148 Å². The molecule has 0 aromatic heterocycles. The number of phosphoric acid groups is 1. The normalized spacial score (nSPS) is 14.6. The standard InChI is InChI=1S/C69H121N2O6P/c1-6-8-10-12-14-16-18-20-22-24-26-27-28-29-30-31-32-33-34-35-36-37-38-39-40-41-42-43-45-47-49-51-53-55-57-59-61-63-69(73)70-67(66-77-78(74,75)76-65-64-71(3,4)5)68(72)62-60-58-56-54-52-50-48-46-44-25-23-21-19-17-15-13-11-9-7-2/h8,10,14,16,20,22,26-27,29-30,32-33,35-36,44,46,52,54,60,62,67-68,72H,6-7,9,11-13,15,17-19,21,23-25,28,31,34,37-43,45,47-51,53,55-59,61,63-66H2,1-5H3,(H-,70,73,74,75)/b10-8-,16-14-,22-20-,27-26-,30-29-,33-32-,36-35-,46-44+,54-52+,62-60+. The van der Waals surface area contributed by atoms with Crippen molar-refractivity contribution in [3.05, 3.63) is 122 Å². The molecular weight excluding hydrogens is 984 g/mol. The second kappa shape index (κ2) is 58.6. The molecule has 3 unspecified atom stereocenters. The monoisotopic (exact) mass is 1100 g/mol. The van der Waals surface area contributed by atoms with Crippen molar-refractivity contribution in [3.63, 3.8) is 0 Å². The number of aliphatic hydroxyl groups is 1. The van der Waals surface area contributed by atoms with E-state index in [2.05, 4.69) is 129 Å². The van der Waals surface area contributed by atoms with Gasteiger partial charge in [0.05, 0.1) is 39.9 Å². The number of amides is 1. The average Bonchev–Trinajstić information content (AvgIpc) is 3.41. The molecule has 0 aliphatic rings. The molecule has 9 heteroatoms. The summed E-state index contributed by atoms with van der Waals surface area (Å²) in [5.41, 5.74) is 0. The van der Waals surface area contributed by atoms with Gasteiger partial charge in [0.15, 0.2) is 0 Å². The van der Waals surface area contributed by atoms with Gasteiger partial charge < -0.3 is 28.8 Å². The van der Waals surface area contributed by atoms with Crippen LogP contribution in [0.5, 0.6) is 0 Å². The van der Waals surface area contributed by atoms with Gasteiger partial charge in [0.1, 0.15) is 13.2 Å². The Morgan fingerprint density at radius 3 is 1.19 bits per heavy atom. The maximum absolute atomic E-state index is 13.0. The Hall–Kier alpha value is -3.10. The van der Waals surface area contributed by atoms with Crippen molar-refractivity contribution in [2.24, 2.45) is 0 Å². The van der Waals surface area contributed by atoms with E-state index in [9.17, 15) is 19.4 Å². The Bertz CT molecular complexity index is 1680. The molecule has 0 aliphatic heterocycles. The zero-order valence-electron chi connectivity index (χ0n) is 51.1. The molecule has 0 rings (SSSR count). The van der Waals surface area contributed by atoms with Crippen LogP contribution in [0.4, 0.5) is 0 Å². The van der Waals surface area contributed by atoms with E-state index < -0.39 is 26.6 Å². The van der Waals surface area contributed by atoms with E-state index in [1.54, 1.807) is 6.08 Å². The number of rotatable bonds is 57. The van der Waals surface area contributed by atoms with Crippen molar-refractivity contribution in [3.8, 4) is 0 Å². The number of carbonyl (C=O) groups is 1. The van der Waals surface area contributed by atoms with Gasteiger partial charge in [-0.05, 0) is 103 Å². The Labute approximate surface area is 482 Å². The molecule has 1 amide bonds. The zero-order chi connectivity index (χ0) is 57.0. The molecule has 0 saturated heterocycles. The fraction of sp³-hybridized carbons (Fsp3) is 0.696. The molecule has 0 saturated carbocycles. The van der Waals surface area contributed by atoms with Gasteiger partial charge in [-0.1, -0.05) is 270 Å². The lowest BCUT2D eigenvalue weighted by Gasteiger charge is -2.29. The minimum atomic E-state index is -4.62. The summed E-state index contributed by atoms with van der Waals surface area (Å²) in [7, 11) is 1.23. The van der Waals surface area contributed by atoms with Crippen LogP contribution in [0, 0.1) is 0 Å². The van der Waals surface area contributed by atoms with E-state index in [1.807, 2.05) is 27.2 Å². The van der Waals surface area contributed by atoms with Gasteiger partial charge in [-0.15, -0.1) is 0 Å². The number of quaternary nitrogens is 1. The van der Waals surface area contributed by atoms with Gasteiger partial charge in [-0.2, -0.15) is 0 Å². The Morgan fingerprint density at radius 1 is 0.462 bits per heavy atom. The molecule has 0 heterocycles. The summed E-state index contributed by atoms with van der Waals surface area (Å²) in [5.74, 6) is -0.214. The zero-order valence-corrected chi connectivity index (χ0v) is 52.0. The maximum atomic E-state index is 13.0. The quantitative estimate of drug-likeness (QED) is 0.0272. The molecular formula is C69H121N2O6P. The van der Waals surface area contributed by atoms with E-state index in [-0.39, 0.29) is 12.5 Å². The number of aliphatic hydroxyl groups excluding tert-OH is 1. The Morgan fingerprint density at radius 2 is 0.795 bits per heavy atom. The molecule has 448 valence electrons. The van der Waals surface area contributed by atoms with Crippen LogP contribution < -0.4 is 10.2 Å². The highest BCUT2D eigenvalue weighted by Gasteiger charge is 2.23. The molecule has 8 nitrogen and oxygen atoms in total. The highest BCUT2D eigenvalue weighted by atomic mass is 31.2. The summed E-state index contributed by atoms with van der Waals surface area (Å²) < 4.78 is 23.4. The predicted molar refractivity (Wildman–Crippen MR) is 339 cm³/mol. The SMILES string of the molecule is CC/C=C\C/C=C\C/C=C\C/C=C\C/C=C\C/C=C\C/C=C\CCCCCCCCCCCCCCCCCC(=O)NC(COP(=O)([O-])OCC[N+](C)(C)C)C(O)/C=C/CC/C=C/CC/C=C/CCCCCCCCCCC. The molecule has 2 N–H and O–H groups in total. The van der Waals surface area contributed by atoms with Gasteiger partial charge in [0, 0.05) is 6.42 Å². The van der Waals surface area contributed by atoms with Crippen LogP contribution in [0.3, 0.4) is 0 Å². The van der Waals surface area contributed by atoms with Crippen molar-refractivity contribution in [2.45, 2.75) is 270 Å². The van der Waals surface area contributed by atoms with Crippen LogP contribution >= 0.6 is 7.82 Å². The van der Waals surface area contributed by atoms with Crippen molar-refractivity contribution >= 4 is 13.7 Å². The van der Waals surface area contributed by atoms with Gasteiger partial charge >= 0.3 is 0 Å². The van der Waals surface area contributed by atoms with E-state index in [0.717, 1.165) is 89.9 Å². The highest BCUT2D eigenvalue weighted by Crippen LogP contribution is 2.38. The number of unbranched alkanes of at least 4 members (excludes halogenated alkanes) is 26. The lowest BCUT2D eigenvalue weighted by molar-refractivity contribution is -0.870. The minimum Gasteiger partial charge on any atom is -0.756 e. The first-order chi connectivity index (χ1) is 38.0. The van der Waals surface area contributed by atoms with E-state index in [4.69, 9.17) is 9.05 Å². The summed E-state index contributed by atoms with van der Waals surface area (Å²) in [4.78, 5) is 25.5. The number of nitrogens with one attached hydrogen (secondary N) is 1. The van der Waals surface area contributed by atoms with Crippen molar-refractivity contribution < 1.29 is 32.9 Å². The predicted octanol–water partition coefficient (Wildman–Crippen LogP) is 19.5. The van der Waals surface area contributed by atoms with Crippen LogP contribution in [0.25, 0.3) is 0 Å². The molecule has 0 spiro atoms. The van der Waals surface area contributed by atoms with Crippen LogP contribution in [-0.2, 0) is 18.4 Å². The number of likely N-dealkylation sites (N-methyl/N-ethyl adjacent to an activating group) is 1. The largest absolute Gasteiger partial charge is 0.756 e. The van der Waals surface area contributed by atoms with Crippen molar-refractivity contribution in [1.82, 2.24) is 5.32 Å². The first-order valence-corrected chi connectivity index (χ1v) is 33.4. The summed E-state index contributed by atoms with van der Waals surface area (Å²) in [6, 6.07) is -0.917. The van der Waals surface area contributed by atoms with E-state index in [0.29, 0.717) is 17.4 Å². The number of carbonyl (C=O) groups excluding carboxylic acids is 1. The highest BCUT2D eigenvalue weighted by molar-refractivity contribution is 7.45. The molecule has 0 aliphatic carbocycles. The summed E-state index contributed by atoms with van der Waals surface area (Å²) in [5, 5.41) is 13.9. The van der Waals surface area contributed by atoms with Crippen LogP contribution in [-0.4, -0.2) is 68.5 Å². The van der Waals surface area contributed by atoms with Gasteiger partial charge in [-0.3, -0.25) is 9.36 Å². The van der Waals surface area contributed by atoms with Crippen LogP contribution in [0.2, 0.25) is 0 Å². The fourth-order valence-corrected chi connectivity index (χ4v) is 9.42. The number of hydrogen-bond donors (Lipinski definition) is 2. The van der Waals surface area contributed by atoms with Crippen LogP contribution in [0.15, 0.2) is 122 Å². The summed E-state index contributed by atoms with van der Waals surface area (Å²) in [6.07, 6.45) is 87.3. The second-order valence-electron chi connectivity index (χ2n) is 22.4. The van der Waals surface area contributed by atoms with Crippen LogP contribution in [0.1, 0.15) is 258 Å². The summed E-state index contributed by atoms with van der Waals surface area (Å²) in [6.45, 7) is 4.51. The number of phosphoric ester groups is 1. The lowest BCUT2D eigenvalue weighted by Crippen LogP contribution is -2.45. The molecule has 0 aromatic rings. The average molecular weight is 1110 g/mol.